The second-order valence-corrected chi connectivity index (χ2v) is 5.15. The molecule has 0 fully saturated rings. The molecule has 1 rings (SSSR count). The van der Waals surface area contributed by atoms with Gasteiger partial charge in [0, 0.05) is 24.3 Å². The van der Waals surface area contributed by atoms with Crippen LogP contribution >= 0.6 is 15.9 Å². The van der Waals surface area contributed by atoms with Crippen molar-refractivity contribution in [2.24, 2.45) is 7.05 Å². The van der Waals surface area contributed by atoms with Gasteiger partial charge in [-0.1, -0.05) is 15.9 Å². The molecule has 1 aromatic rings. The predicted molar refractivity (Wildman–Crippen MR) is 51.2 cm³/mol. The van der Waals surface area contributed by atoms with Crippen molar-refractivity contribution in [3.63, 3.8) is 0 Å². The largest absolute Gasteiger partial charge is 0.338 e. The van der Waals surface area contributed by atoms with Gasteiger partial charge in [-0.25, -0.2) is 8.42 Å². The number of alkyl halides is 1. The lowest BCUT2D eigenvalue weighted by molar-refractivity contribution is 0.590. The van der Waals surface area contributed by atoms with Gasteiger partial charge in [-0.3, -0.25) is 0 Å². The van der Waals surface area contributed by atoms with Crippen LogP contribution in [0.2, 0.25) is 0 Å². The minimum atomic E-state index is -3.08. The fourth-order valence-corrected chi connectivity index (χ4v) is 2.53. The van der Waals surface area contributed by atoms with E-state index in [2.05, 4.69) is 15.9 Å². The number of halogens is 1. The fraction of sp³-hybridized carbons (Fsp3) is 0.429. The third-order valence-electron chi connectivity index (χ3n) is 1.70. The maximum absolute atomic E-state index is 11.1. The monoisotopic (exact) mass is 251 g/mol. The van der Waals surface area contributed by atoms with Crippen molar-refractivity contribution < 1.29 is 8.42 Å². The molecule has 0 atom stereocenters. The minimum Gasteiger partial charge on any atom is -0.338 e. The van der Waals surface area contributed by atoms with Crippen molar-refractivity contribution in [3.05, 3.63) is 17.8 Å². The van der Waals surface area contributed by atoms with Crippen LogP contribution in [-0.2, 0) is 22.2 Å². The molecule has 0 amide bonds. The van der Waals surface area contributed by atoms with Gasteiger partial charge in [0.05, 0.1) is 0 Å². The first-order valence-electron chi connectivity index (χ1n) is 3.37. The Morgan fingerprint density at radius 1 is 1.50 bits per heavy atom. The molecule has 12 heavy (non-hydrogen) atoms. The molecular formula is C7H10BrNO2S. The minimum absolute atomic E-state index is 0.358. The quantitative estimate of drug-likeness (QED) is 0.745. The molecule has 0 aliphatic rings. The Morgan fingerprint density at radius 2 is 2.08 bits per heavy atom. The highest BCUT2D eigenvalue weighted by Gasteiger charge is 2.12. The van der Waals surface area contributed by atoms with Crippen molar-refractivity contribution in [3.8, 4) is 0 Å². The Balaban J connectivity index is 3.30. The average molecular weight is 252 g/mol. The van der Waals surface area contributed by atoms with Crippen molar-refractivity contribution in [1.82, 2.24) is 4.57 Å². The molecule has 5 heteroatoms. The maximum Gasteiger partial charge on any atom is 0.190 e. The standard InChI is InChI=1S/C7H10BrNO2S/c1-9-6(5-8)3-4-7(9)12(2,10)11/h3-4H,5H2,1-2H3. The second kappa shape index (κ2) is 3.22. The summed E-state index contributed by atoms with van der Waals surface area (Å²) in [6, 6.07) is 3.41. The zero-order valence-corrected chi connectivity index (χ0v) is 9.31. The van der Waals surface area contributed by atoms with E-state index in [0.717, 1.165) is 5.69 Å². The summed E-state index contributed by atoms with van der Waals surface area (Å²) in [5, 5.41) is 1.02. The number of rotatable bonds is 2. The third kappa shape index (κ3) is 1.72. The van der Waals surface area contributed by atoms with Crippen molar-refractivity contribution >= 4 is 25.8 Å². The molecule has 0 N–H and O–H groups in total. The van der Waals surface area contributed by atoms with Crippen LogP contribution in [0.3, 0.4) is 0 Å². The summed E-state index contributed by atoms with van der Waals surface area (Å²) in [4.78, 5) is 0. The highest BCUT2D eigenvalue weighted by Crippen LogP contribution is 2.14. The van der Waals surface area contributed by atoms with Crippen LogP contribution in [0.1, 0.15) is 5.69 Å². The average Bonchev–Trinajstić information content (AvgIpc) is 2.29. The molecule has 1 heterocycles. The lowest BCUT2D eigenvalue weighted by Crippen LogP contribution is -2.05. The summed E-state index contributed by atoms with van der Waals surface area (Å²) in [5.74, 6) is 0. The van der Waals surface area contributed by atoms with Crippen LogP contribution in [0, 0.1) is 0 Å². The molecule has 68 valence electrons. The zero-order chi connectivity index (χ0) is 9.35. The molecule has 0 aliphatic heterocycles. The number of hydrogen-bond acceptors (Lipinski definition) is 2. The van der Waals surface area contributed by atoms with Gasteiger partial charge in [0.25, 0.3) is 0 Å². The summed E-state index contributed by atoms with van der Waals surface area (Å²) in [7, 11) is -1.34. The first kappa shape index (κ1) is 9.80. The summed E-state index contributed by atoms with van der Waals surface area (Å²) >= 11 is 3.27. The van der Waals surface area contributed by atoms with E-state index < -0.39 is 9.84 Å². The number of sulfone groups is 1. The third-order valence-corrected chi connectivity index (χ3v) is 3.44. The molecule has 0 spiro atoms. The van der Waals surface area contributed by atoms with Crippen molar-refractivity contribution in [2.75, 3.05) is 6.26 Å². The molecule has 0 aromatic carbocycles. The molecule has 0 radical (unpaired) electrons. The van der Waals surface area contributed by atoms with Gasteiger partial charge in [-0.05, 0) is 12.1 Å². The Bertz CT molecular complexity index is 380. The summed E-state index contributed by atoms with van der Waals surface area (Å²) < 4.78 is 24.0. The van der Waals surface area contributed by atoms with Gasteiger partial charge >= 0.3 is 0 Å². The smallest absolute Gasteiger partial charge is 0.190 e. The van der Waals surface area contributed by atoms with Gasteiger partial charge in [0.2, 0.25) is 0 Å². The van der Waals surface area contributed by atoms with Crippen LogP contribution in [0.4, 0.5) is 0 Å². The highest BCUT2D eigenvalue weighted by molar-refractivity contribution is 9.08. The van der Waals surface area contributed by atoms with E-state index in [1.807, 2.05) is 0 Å². The second-order valence-electron chi connectivity index (χ2n) is 2.63. The van der Waals surface area contributed by atoms with E-state index >= 15 is 0 Å². The Hall–Kier alpha value is -0.290. The van der Waals surface area contributed by atoms with Crippen LogP contribution in [0.15, 0.2) is 17.2 Å². The topological polar surface area (TPSA) is 39.1 Å². The number of nitrogens with zero attached hydrogens (tertiary/aromatic N) is 1. The Morgan fingerprint density at radius 3 is 2.33 bits per heavy atom. The highest BCUT2D eigenvalue weighted by atomic mass is 79.9. The van der Waals surface area contributed by atoms with Gasteiger partial charge < -0.3 is 4.57 Å². The van der Waals surface area contributed by atoms with Crippen LogP contribution in [-0.4, -0.2) is 19.2 Å². The van der Waals surface area contributed by atoms with E-state index in [1.54, 1.807) is 23.7 Å². The maximum atomic E-state index is 11.1. The van der Waals surface area contributed by atoms with Gasteiger partial charge in [0.15, 0.2) is 9.84 Å². The summed E-state index contributed by atoms with van der Waals surface area (Å²) in [6.45, 7) is 0. The molecule has 0 aliphatic carbocycles. The van der Waals surface area contributed by atoms with Crippen LogP contribution in [0.25, 0.3) is 0 Å². The molecule has 0 saturated heterocycles. The zero-order valence-electron chi connectivity index (χ0n) is 6.91. The van der Waals surface area contributed by atoms with Gasteiger partial charge in [-0.15, -0.1) is 0 Å². The SMILES string of the molecule is Cn1c(CBr)ccc1S(C)(=O)=O. The van der Waals surface area contributed by atoms with E-state index in [0.29, 0.717) is 10.4 Å². The summed E-state index contributed by atoms with van der Waals surface area (Å²) in [5.41, 5.74) is 0.954. The molecule has 0 saturated carbocycles. The predicted octanol–water partition coefficient (Wildman–Crippen LogP) is 1.32. The summed E-state index contributed by atoms with van der Waals surface area (Å²) in [6.07, 6.45) is 1.21. The van der Waals surface area contributed by atoms with E-state index in [-0.39, 0.29) is 0 Å². The lowest BCUT2D eigenvalue weighted by Gasteiger charge is -2.02. The molecular weight excluding hydrogens is 242 g/mol. The molecule has 0 unspecified atom stereocenters. The van der Waals surface area contributed by atoms with Crippen molar-refractivity contribution in [2.45, 2.75) is 10.4 Å². The fourth-order valence-electron chi connectivity index (χ4n) is 1.04. The Labute approximate surface area is 80.4 Å². The molecule has 0 bridgehead atoms. The first-order chi connectivity index (χ1) is 5.46. The van der Waals surface area contributed by atoms with E-state index in [9.17, 15) is 8.42 Å². The van der Waals surface area contributed by atoms with Crippen LogP contribution in [0.5, 0.6) is 0 Å². The molecule has 1 aromatic heterocycles. The van der Waals surface area contributed by atoms with E-state index in [4.69, 9.17) is 0 Å². The first-order valence-corrected chi connectivity index (χ1v) is 6.38. The lowest BCUT2D eigenvalue weighted by atomic mass is 10.5. The van der Waals surface area contributed by atoms with Crippen LogP contribution < -0.4 is 0 Å². The molecule has 3 nitrogen and oxygen atoms in total. The van der Waals surface area contributed by atoms with E-state index in [1.165, 1.54) is 6.26 Å². The number of hydrogen-bond donors (Lipinski definition) is 0. The Kier molecular flexibility index (Phi) is 2.63. The number of aromatic nitrogens is 1. The van der Waals surface area contributed by atoms with Crippen molar-refractivity contribution in [1.29, 1.82) is 0 Å². The van der Waals surface area contributed by atoms with Gasteiger partial charge in [0.1, 0.15) is 5.03 Å². The van der Waals surface area contributed by atoms with Gasteiger partial charge in [-0.2, -0.15) is 0 Å². The normalized spacial score (nSPS) is 11.9.